The molecule has 2 aliphatic rings. The molecule has 3 rings (SSSR count). The van der Waals surface area contributed by atoms with E-state index in [1.54, 1.807) is 11.6 Å². The Morgan fingerprint density at radius 3 is 2.62 bits per heavy atom. The Kier molecular flexibility index (Phi) is 4.67. The van der Waals surface area contributed by atoms with Gasteiger partial charge in [0.15, 0.2) is 5.03 Å². The van der Waals surface area contributed by atoms with E-state index in [0.29, 0.717) is 13.1 Å². The number of aromatic nitrogens is 2. The zero-order valence-electron chi connectivity index (χ0n) is 14.1. The molecule has 1 saturated heterocycles. The van der Waals surface area contributed by atoms with Crippen LogP contribution in [0.1, 0.15) is 25.7 Å². The summed E-state index contributed by atoms with van der Waals surface area (Å²) >= 11 is 0. The lowest BCUT2D eigenvalue weighted by atomic mass is 9.59. The largest absolute Gasteiger partial charge is 0.375 e. The van der Waals surface area contributed by atoms with Crippen molar-refractivity contribution in [3.63, 3.8) is 0 Å². The second kappa shape index (κ2) is 6.45. The molecule has 1 amide bonds. The van der Waals surface area contributed by atoms with E-state index >= 15 is 0 Å². The van der Waals surface area contributed by atoms with Gasteiger partial charge in [0, 0.05) is 39.5 Å². The molecule has 9 heteroatoms. The maximum absolute atomic E-state index is 12.6. The number of aryl methyl sites for hydroxylation is 1. The van der Waals surface area contributed by atoms with E-state index in [2.05, 4.69) is 10.3 Å². The first kappa shape index (κ1) is 17.4. The highest BCUT2D eigenvalue weighted by molar-refractivity contribution is 7.89. The fourth-order valence-corrected chi connectivity index (χ4v) is 5.12. The summed E-state index contributed by atoms with van der Waals surface area (Å²) in [4.78, 5) is 15.7. The maximum atomic E-state index is 12.6. The highest BCUT2D eigenvalue weighted by atomic mass is 32.2. The van der Waals surface area contributed by atoms with Crippen molar-refractivity contribution in [1.29, 1.82) is 0 Å². The number of hydrogen-bond donors (Lipinski definition) is 1. The number of nitrogens with one attached hydrogen (secondary N) is 1. The van der Waals surface area contributed by atoms with Gasteiger partial charge in [-0.05, 0) is 31.1 Å². The summed E-state index contributed by atoms with van der Waals surface area (Å²) in [5.41, 5.74) is 0.0273. The van der Waals surface area contributed by atoms with E-state index in [9.17, 15) is 13.2 Å². The molecule has 2 fully saturated rings. The highest BCUT2D eigenvalue weighted by Crippen LogP contribution is 2.49. The molecule has 1 aromatic rings. The standard InChI is InChI=1S/C15H24N4O4S/c1-18-9-14(16-11-18)24(21,22)19-7-5-15(6-8-19)4-3-12(15)17-13(20)10-23-2/h9,11-12H,3-8,10H2,1-2H3,(H,17,20). The molecule has 0 bridgehead atoms. The van der Waals surface area contributed by atoms with Crippen molar-refractivity contribution in [3.05, 3.63) is 12.5 Å². The van der Waals surface area contributed by atoms with Crippen LogP contribution in [0, 0.1) is 5.41 Å². The molecule has 2 heterocycles. The summed E-state index contributed by atoms with van der Waals surface area (Å²) in [6, 6.07) is 0.125. The van der Waals surface area contributed by atoms with Gasteiger partial charge < -0.3 is 14.6 Å². The summed E-state index contributed by atoms with van der Waals surface area (Å²) < 4.78 is 33.2. The van der Waals surface area contributed by atoms with Gasteiger partial charge in [0.05, 0.1) is 6.33 Å². The van der Waals surface area contributed by atoms with E-state index in [1.807, 2.05) is 0 Å². The third kappa shape index (κ3) is 3.07. The van der Waals surface area contributed by atoms with Gasteiger partial charge in [-0.15, -0.1) is 0 Å². The topological polar surface area (TPSA) is 93.5 Å². The minimum absolute atomic E-state index is 0.0273. The average molecular weight is 356 g/mol. The minimum atomic E-state index is -3.53. The number of carbonyl (C=O) groups is 1. The fraction of sp³-hybridized carbons (Fsp3) is 0.733. The van der Waals surface area contributed by atoms with Crippen LogP contribution in [0.4, 0.5) is 0 Å². The summed E-state index contributed by atoms with van der Waals surface area (Å²) in [7, 11) is -0.285. The van der Waals surface area contributed by atoms with Crippen molar-refractivity contribution in [1.82, 2.24) is 19.2 Å². The molecule has 24 heavy (non-hydrogen) atoms. The number of piperidine rings is 1. The molecule has 1 N–H and O–H groups in total. The Labute approximate surface area is 142 Å². The lowest BCUT2D eigenvalue weighted by Crippen LogP contribution is -2.60. The summed E-state index contributed by atoms with van der Waals surface area (Å²) in [6.07, 6.45) is 6.52. The molecule has 8 nitrogen and oxygen atoms in total. The normalized spacial score (nSPS) is 23.8. The number of ether oxygens (including phenoxy) is 1. The SMILES string of the molecule is COCC(=O)NC1CCC12CCN(S(=O)(=O)c1cn(C)cn1)CC2. The number of hydrogen-bond acceptors (Lipinski definition) is 5. The molecule has 134 valence electrons. The second-order valence-corrected chi connectivity index (χ2v) is 8.62. The van der Waals surface area contributed by atoms with E-state index in [4.69, 9.17) is 4.74 Å². The number of carbonyl (C=O) groups excluding carboxylic acids is 1. The van der Waals surface area contributed by atoms with Gasteiger partial charge in [-0.3, -0.25) is 4.79 Å². The van der Waals surface area contributed by atoms with E-state index < -0.39 is 10.0 Å². The summed E-state index contributed by atoms with van der Waals surface area (Å²) in [5.74, 6) is -0.106. The van der Waals surface area contributed by atoms with Gasteiger partial charge in [-0.2, -0.15) is 4.31 Å². The Balaban J connectivity index is 1.62. The first-order valence-corrected chi connectivity index (χ1v) is 9.58. The third-order valence-electron chi connectivity index (χ3n) is 5.28. The van der Waals surface area contributed by atoms with Crippen molar-refractivity contribution in [2.45, 2.75) is 36.8 Å². The van der Waals surface area contributed by atoms with Gasteiger partial charge >= 0.3 is 0 Å². The molecule has 1 aliphatic carbocycles. The molecule has 1 saturated carbocycles. The van der Waals surface area contributed by atoms with Crippen LogP contribution in [-0.2, 0) is 26.6 Å². The van der Waals surface area contributed by atoms with Gasteiger partial charge in [-0.25, -0.2) is 13.4 Å². The van der Waals surface area contributed by atoms with E-state index in [-0.39, 0.29) is 29.0 Å². The predicted octanol–water partition coefficient (Wildman–Crippen LogP) is 0.116. The first-order valence-electron chi connectivity index (χ1n) is 8.14. The Morgan fingerprint density at radius 2 is 2.12 bits per heavy atom. The number of methoxy groups -OCH3 is 1. The molecule has 1 aromatic heterocycles. The molecular weight excluding hydrogens is 332 g/mol. The van der Waals surface area contributed by atoms with Crippen molar-refractivity contribution in [2.24, 2.45) is 12.5 Å². The van der Waals surface area contributed by atoms with Crippen LogP contribution in [0.25, 0.3) is 0 Å². The fourth-order valence-electron chi connectivity index (χ4n) is 3.71. The first-order chi connectivity index (χ1) is 11.4. The van der Waals surface area contributed by atoms with Crippen LogP contribution in [0.5, 0.6) is 0 Å². The molecule has 1 unspecified atom stereocenters. The minimum Gasteiger partial charge on any atom is -0.375 e. The average Bonchev–Trinajstić information content (AvgIpc) is 2.99. The van der Waals surface area contributed by atoms with Crippen molar-refractivity contribution in [3.8, 4) is 0 Å². The summed E-state index contributed by atoms with van der Waals surface area (Å²) in [5, 5.41) is 3.12. The van der Waals surface area contributed by atoms with Gasteiger partial charge in [0.25, 0.3) is 10.0 Å². The van der Waals surface area contributed by atoms with E-state index in [1.165, 1.54) is 23.9 Å². The predicted molar refractivity (Wildman–Crippen MR) is 86.7 cm³/mol. The summed E-state index contributed by atoms with van der Waals surface area (Å²) in [6.45, 7) is 0.998. The number of sulfonamides is 1. The monoisotopic (exact) mass is 356 g/mol. The Hall–Kier alpha value is -1.45. The van der Waals surface area contributed by atoms with Crippen LogP contribution >= 0.6 is 0 Å². The smallest absolute Gasteiger partial charge is 0.262 e. The van der Waals surface area contributed by atoms with Crippen LogP contribution in [0.15, 0.2) is 17.6 Å². The quantitative estimate of drug-likeness (QED) is 0.809. The molecule has 1 aliphatic heterocycles. The number of nitrogens with zero attached hydrogens (tertiary/aromatic N) is 3. The van der Waals surface area contributed by atoms with Crippen LogP contribution in [0.3, 0.4) is 0 Å². The maximum Gasteiger partial charge on any atom is 0.262 e. The molecule has 1 spiro atoms. The number of imidazole rings is 1. The van der Waals surface area contributed by atoms with Gasteiger partial charge in [-0.1, -0.05) is 0 Å². The molecular formula is C15H24N4O4S. The second-order valence-electron chi connectivity index (χ2n) is 6.74. The van der Waals surface area contributed by atoms with Gasteiger partial charge in [0.1, 0.15) is 6.61 Å². The van der Waals surface area contributed by atoms with Crippen LogP contribution in [-0.4, -0.2) is 61.0 Å². The van der Waals surface area contributed by atoms with E-state index in [0.717, 1.165) is 25.7 Å². The number of amides is 1. The molecule has 0 radical (unpaired) electrons. The lowest BCUT2D eigenvalue weighted by Gasteiger charge is -2.53. The Morgan fingerprint density at radius 1 is 1.42 bits per heavy atom. The Bertz CT molecular complexity index is 707. The van der Waals surface area contributed by atoms with Crippen molar-refractivity contribution >= 4 is 15.9 Å². The highest BCUT2D eigenvalue weighted by Gasteiger charge is 2.50. The van der Waals surface area contributed by atoms with Crippen molar-refractivity contribution in [2.75, 3.05) is 26.8 Å². The van der Waals surface area contributed by atoms with Crippen LogP contribution in [0.2, 0.25) is 0 Å². The van der Waals surface area contributed by atoms with Gasteiger partial charge in [0.2, 0.25) is 5.91 Å². The number of rotatable bonds is 5. The van der Waals surface area contributed by atoms with Crippen molar-refractivity contribution < 1.29 is 17.9 Å². The molecule has 1 atom stereocenters. The zero-order chi connectivity index (χ0) is 17.4. The third-order valence-corrected chi connectivity index (χ3v) is 7.07. The van der Waals surface area contributed by atoms with Crippen LogP contribution < -0.4 is 5.32 Å². The molecule has 0 aromatic carbocycles. The lowest BCUT2D eigenvalue weighted by molar-refractivity contribution is -0.128. The zero-order valence-corrected chi connectivity index (χ0v) is 14.9.